The van der Waals surface area contributed by atoms with Gasteiger partial charge in [0, 0.05) is 17.3 Å². The van der Waals surface area contributed by atoms with Gasteiger partial charge in [0.15, 0.2) is 5.58 Å². The van der Waals surface area contributed by atoms with Gasteiger partial charge >= 0.3 is 0 Å². The Kier molecular flexibility index (Phi) is 4.09. The third-order valence-electron chi connectivity index (χ3n) is 4.61. The van der Waals surface area contributed by atoms with E-state index in [1.54, 1.807) is 0 Å². The van der Waals surface area contributed by atoms with E-state index < -0.39 is 0 Å². The van der Waals surface area contributed by atoms with Crippen LogP contribution in [0.3, 0.4) is 0 Å². The summed E-state index contributed by atoms with van der Waals surface area (Å²) in [6, 6.07) is 13.3. The number of hydrogen-bond donors (Lipinski definition) is 1. The number of oxazole rings is 1. The van der Waals surface area contributed by atoms with E-state index in [1.807, 2.05) is 54.3 Å². The molecule has 1 aliphatic heterocycles. The van der Waals surface area contributed by atoms with E-state index in [0.29, 0.717) is 11.0 Å². The third kappa shape index (κ3) is 2.96. The van der Waals surface area contributed by atoms with Crippen molar-refractivity contribution in [1.82, 2.24) is 4.98 Å². The van der Waals surface area contributed by atoms with Gasteiger partial charge in [0.2, 0.25) is 5.91 Å². The maximum atomic E-state index is 12.8. The molecule has 1 amide bonds. The molecule has 5 nitrogen and oxygen atoms in total. The highest BCUT2D eigenvalue weighted by Gasteiger charge is 2.34. The highest BCUT2D eigenvalue weighted by molar-refractivity contribution is 6.31. The predicted octanol–water partition coefficient (Wildman–Crippen LogP) is 4.40. The Bertz CT molecular complexity index is 904. The molecule has 0 bridgehead atoms. The number of para-hydroxylation sites is 2. The van der Waals surface area contributed by atoms with Gasteiger partial charge in [-0.15, -0.1) is 0 Å². The fraction of sp³-hybridized carbons (Fsp3) is 0.263. The van der Waals surface area contributed by atoms with Crippen molar-refractivity contribution >= 4 is 40.3 Å². The van der Waals surface area contributed by atoms with E-state index in [1.165, 1.54) is 0 Å². The average Bonchev–Trinajstić information content (AvgIpc) is 3.25. The molecular weight excluding hydrogens is 338 g/mol. The number of rotatable bonds is 3. The van der Waals surface area contributed by atoms with Gasteiger partial charge in [0.05, 0.1) is 0 Å². The SMILES string of the molecule is Cc1c(Cl)cccc1NC(=O)C1CCCN1c1nc2ccccc2o1. The molecule has 0 radical (unpaired) electrons. The van der Waals surface area contributed by atoms with E-state index in [2.05, 4.69) is 10.3 Å². The Hall–Kier alpha value is -2.53. The van der Waals surface area contributed by atoms with E-state index in [0.717, 1.165) is 41.7 Å². The highest BCUT2D eigenvalue weighted by atomic mass is 35.5. The van der Waals surface area contributed by atoms with Crippen molar-refractivity contribution in [2.24, 2.45) is 0 Å². The van der Waals surface area contributed by atoms with Crippen molar-refractivity contribution in [2.45, 2.75) is 25.8 Å². The van der Waals surface area contributed by atoms with Gasteiger partial charge in [-0.05, 0) is 49.6 Å². The van der Waals surface area contributed by atoms with Crippen LogP contribution in [0, 0.1) is 6.92 Å². The summed E-state index contributed by atoms with van der Waals surface area (Å²) in [5, 5.41) is 3.63. The molecule has 4 rings (SSSR count). The summed E-state index contributed by atoms with van der Waals surface area (Å²) in [5.74, 6) is -0.0647. The molecule has 1 atom stereocenters. The van der Waals surface area contributed by atoms with Gasteiger partial charge in [-0.1, -0.05) is 29.8 Å². The van der Waals surface area contributed by atoms with Gasteiger partial charge < -0.3 is 14.6 Å². The molecule has 1 N–H and O–H groups in total. The van der Waals surface area contributed by atoms with Gasteiger partial charge in [-0.2, -0.15) is 4.98 Å². The topological polar surface area (TPSA) is 58.4 Å². The summed E-state index contributed by atoms with van der Waals surface area (Å²) >= 11 is 6.14. The zero-order valence-corrected chi connectivity index (χ0v) is 14.6. The molecule has 0 aliphatic carbocycles. The first-order chi connectivity index (χ1) is 12.1. The van der Waals surface area contributed by atoms with Crippen LogP contribution in [-0.4, -0.2) is 23.5 Å². The number of hydrogen-bond acceptors (Lipinski definition) is 4. The van der Waals surface area contributed by atoms with E-state index in [9.17, 15) is 4.79 Å². The van der Waals surface area contributed by atoms with E-state index >= 15 is 0 Å². The fourth-order valence-corrected chi connectivity index (χ4v) is 3.38. The number of nitrogens with zero attached hydrogens (tertiary/aromatic N) is 2. The van der Waals surface area contributed by atoms with Crippen LogP contribution < -0.4 is 10.2 Å². The van der Waals surface area contributed by atoms with Crippen LogP contribution in [0.1, 0.15) is 18.4 Å². The van der Waals surface area contributed by atoms with Gasteiger partial charge in [0.25, 0.3) is 6.01 Å². The van der Waals surface area contributed by atoms with Gasteiger partial charge in [0.1, 0.15) is 11.6 Å². The van der Waals surface area contributed by atoms with Crippen LogP contribution >= 0.6 is 11.6 Å². The Balaban J connectivity index is 1.58. The minimum absolute atomic E-state index is 0.0647. The smallest absolute Gasteiger partial charge is 0.299 e. The Morgan fingerprint density at radius 3 is 2.96 bits per heavy atom. The van der Waals surface area contributed by atoms with Gasteiger partial charge in [-0.3, -0.25) is 4.79 Å². The molecule has 0 saturated carbocycles. The molecule has 2 heterocycles. The van der Waals surface area contributed by atoms with Crippen LogP contribution in [0.2, 0.25) is 5.02 Å². The lowest BCUT2D eigenvalue weighted by Crippen LogP contribution is -2.40. The molecular formula is C19H18ClN3O2. The lowest BCUT2D eigenvalue weighted by atomic mass is 10.1. The fourth-order valence-electron chi connectivity index (χ4n) is 3.21. The maximum absolute atomic E-state index is 12.8. The largest absolute Gasteiger partial charge is 0.423 e. The summed E-state index contributed by atoms with van der Waals surface area (Å²) in [6.07, 6.45) is 1.69. The summed E-state index contributed by atoms with van der Waals surface area (Å²) in [4.78, 5) is 19.3. The highest BCUT2D eigenvalue weighted by Crippen LogP contribution is 2.30. The number of anilines is 2. The maximum Gasteiger partial charge on any atom is 0.299 e. The predicted molar refractivity (Wildman–Crippen MR) is 99.2 cm³/mol. The zero-order valence-electron chi connectivity index (χ0n) is 13.8. The number of amides is 1. The number of nitrogens with one attached hydrogen (secondary N) is 1. The molecule has 25 heavy (non-hydrogen) atoms. The second-order valence-electron chi connectivity index (χ2n) is 6.22. The molecule has 1 saturated heterocycles. The molecule has 128 valence electrons. The number of aromatic nitrogens is 1. The van der Waals surface area contributed by atoms with E-state index in [-0.39, 0.29) is 11.9 Å². The number of carbonyl (C=O) groups is 1. The molecule has 1 aromatic heterocycles. The van der Waals surface area contributed by atoms with Crippen molar-refractivity contribution in [3.05, 3.63) is 53.1 Å². The standard InChI is InChI=1S/C19H18ClN3O2/c1-12-13(20)6-4-8-14(12)21-18(24)16-9-5-11-23(16)19-22-15-7-2-3-10-17(15)25-19/h2-4,6-8,10,16H,5,9,11H2,1H3,(H,21,24). The summed E-state index contributed by atoms with van der Waals surface area (Å²) in [7, 11) is 0. The number of halogens is 1. The van der Waals surface area contributed by atoms with Crippen LogP contribution in [0.4, 0.5) is 11.7 Å². The van der Waals surface area contributed by atoms with Crippen LogP contribution in [-0.2, 0) is 4.79 Å². The van der Waals surface area contributed by atoms with Crippen molar-refractivity contribution in [3.63, 3.8) is 0 Å². The van der Waals surface area contributed by atoms with Crippen molar-refractivity contribution in [3.8, 4) is 0 Å². The summed E-state index contributed by atoms with van der Waals surface area (Å²) in [6.45, 7) is 2.64. The molecule has 1 fully saturated rings. The quantitative estimate of drug-likeness (QED) is 0.756. The van der Waals surface area contributed by atoms with Crippen molar-refractivity contribution in [1.29, 1.82) is 0 Å². The lowest BCUT2D eigenvalue weighted by Gasteiger charge is -2.22. The molecule has 0 spiro atoms. The first-order valence-electron chi connectivity index (χ1n) is 8.31. The average molecular weight is 356 g/mol. The normalized spacial score (nSPS) is 17.2. The van der Waals surface area contributed by atoms with Crippen molar-refractivity contribution in [2.75, 3.05) is 16.8 Å². The molecule has 1 unspecified atom stereocenters. The second kappa shape index (κ2) is 6.41. The molecule has 6 heteroatoms. The monoisotopic (exact) mass is 355 g/mol. The number of fused-ring (bicyclic) bond motifs is 1. The van der Waals surface area contributed by atoms with Crippen LogP contribution in [0.5, 0.6) is 0 Å². The first kappa shape index (κ1) is 16.0. The second-order valence-corrected chi connectivity index (χ2v) is 6.62. The minimum Gasteiger partial charge on any atom is -0.423 e. The molecule has 3 aromatic rings. The Morgan fingerprint density at radius 1 is 1.28 bits per heavy atom. The van der Waals surface area contributed by atoms with Crippen molar-refractivity contribution < 1.29 is 9.21 Å². The number of benzene rings is 2. The Morgan fingerprint density at radius 2 is 2.12 bits per heavy atom. The Labute approximate surface area is 150 Å². The number of carbonyl (C=O) groups excluding carboxylic acids is 1. The molecule has 2 aromatic carbocycles. The summed E-state index contributed by atoms with van der Waals surface area (Å²) in [5.41, 5.74) is 3.13. The first-order valence-corrected chi connectivity index (χ1v) is 8.69. The van der Waals surface area contributed by atoms with Crippen LogP contribution in [0.15, 0.2) is 46.9 Å². The van der Waals surface area contributed by atoms with Crippen LogP contribution in [0.25, 0.3) is 11.1 Å². The minimum atomic E-state index is -0.300. The molecule has 1 aliphatic rings. The third-order valence-corrected chi connectivity index (χ3v) is 5.02. The summed E-state index contributed by atoms with van der Waals surface area (Å²) < 4.78 is 5.84. The van der Waals surface area contributed by atoms with Gasteiger partial charge in [-0.25, -0.2) is 0 Å². The van der Waals surface area contributed by atoms with E-state index in [4.69, 9.17) is 16.0 Å². The zero-order chi connectivity index (χ0) is 17.4. The lowest BCUT2D eigenvalue weighted by molar-refractivity contribution is -0.117.